The fourth-order valence-corrected chi connectivity index (χ4v) is 3.79. The number of aryl methyl sites for hydroxylation is 1. The van der Waals surface area contributed by atoms with Crippen LogP contribution in [0.25, 0.3) is 0 Å². The Kier molecular flexibility index (Phi) is 3.85. The van der Waals surface area contributed by atoms with Crippen molar-refractivity contribution in [2.75, 3.05) is 31.1 Å². The Hall–Kier alpha value is -1.62. The van der Waals surface area contributed by atoms with E-state index in [2.05, 4.69) is 18.7 Å². The zero-order valence-corrected chi connectivity index (χ0v) is 13.7. The number of hydrogen-bond donors (Lipinski definition) is 0. The van der Waals surface area contributed by atoms with Crippen LogP contribution in [0, 0.1) is 11.3 Å². The maximum Gasteiger partial charge on any atom is 0.250 e. The minimum absolute atomic E-state index is 0.0489. The maximum absolute atomic E-state index is 12.8. The van der Waals surface area contributed by atoms with E-state index in [1.807, 2.05) is 4.90 Å². The van der Waals surface area contributed by atoms with Crippen molar-refractivity contribution in [3.8, 4) is 0 Å². The largest absolute Gasteiger partial charge is 0.317 e. The summed E-state index contributed by atoms with van der Waals surface area (Å²) in [7, 11) is 1.72. The number of nitrogens with zero attached hydrogens (tertiary/aromatic N) is 3. The Balaban J connectivity index is 1.73. The molecule has 120 valence electrons. The van der Waals surface area contributed by atoms with Gasteiger partial charge in [-0.3, -0.25) is 9.59 Å². The molecule has 22 heavy (non-hydrogen) atoms. The van der Waals surface area contributed by atoms with E-state index in [4.69, 9.17) is 0 Å². The van der Waals surface area contributed by atoms with Gasteiger partial charge in [-0.15, -0.1) is 0 Å². The van der Waals surface area contributed by atoms with Gasteiger partial charge in [0.1, 0.15) is 0 Å². The molecule has 3 rings (SSSR count). The van der Waals surface area contributed by atoms with Crippen molar-refractivity contribution in [2.45, 2.75) is 26.7 Å². The van der Waals surface area contributed by atoms with Crippen LogP contribution < -0.4 is 10.5 Å². The van der Waals surface area contributed by atoms with Gasteiger partial charge in [0.2, 0.25) is 11.5 Å². The summed E-state index contributed by atoms with van der Waals surface area (Å²) in [6, 6.07) is 3.28. The number of β-lactam (4-membered cyclic amide) rings is 1. The highest BCUT2D eigenvalue weighted by molar-refractivity contribution is 6.04. The van der Waals surface area contributed by atoms with E-state index in [-0.39, 0.29) is 16.9 Å². The first-order chi connectivity index (χ1) is 10.4. The lowest BCUT2D eigenvalue weighted by Crippen LogP contribution is -2.67. The SMILES string of the molecule is CC(C)CN1CCC[C@@]2(C1)CN(c1ccc(=O)n(C)c1)C2=O. The molecule has 5 nitrogen and oxygen atoms in total. The lowest BCUT2D eigenvalue weighted by Gasteiger charge is -2.53. The fourth-order valence-electron chi connectivity index (χ4n) is 3.79. The van der Waals surface area contributed by atoms with E-state index < -0.39 is 0 Å². The Morgan fingerprint density at radius 2 is 2.00 bits per heavy atom. The monoisotopic (exact) mass is 303 g/mol. The van der Waals surface area contributed by atoms with Crippen molar-refractivity contribution in [3.05, 3.63) is 28.7 Å². The molecule has 5 heteroatoms. The molecular formula is C17H25N3O2. The molecule has 1 spiro atoms. The van der Waals surface area contributed by atoms with E-state index in [1.165, 1.54) is 10.6 Å². The summed E-state index contributed by atoms with van der Waals surface area (Å²) in [6.07, 6.45) is 3.84. The minimum Gasteiger partial charge on any atom is -0.317 e. The first-order valence-electron chi connectivity index (χ1n) is 8.12. The molecule has 0 aliphatic carbocycles. The summed E-state index contributed by atoms with van der Waals surface area (Å²) in [4.78, 5) is 28.5. The van der Waals surface area contributed by atoms with Gasteiger partial charge >= 0.3 is 0 Å². The molecule has 0 N–H and O–H groups in total. The van der Waals surface area contributed by atoms with Crippen LogP contribution in [0.2, 0.25) is 0 Å². The molecule has 2 saturated heterocycles. The average molecular weight is 303 g/mol. The Labute approximate surface area is 131 Å². The average Bonchev–Trinajstić information content (AvgIpc) is 2.47. The van der Waals surface area contributed by atoms with Crippen molar-refractivity contribution in [2.24, 2.45) is 18.4 Å². The van der Waals surface area contributed by atoms with Crippen LogP contribution >= 0.6 is 0 Å². The van der Waals surface area contributed by atoms with Crippen molar-refractivity contribution in [1.29, 1.82) is 0 Å². The predicted octanol–water partition coefficient (Wildman–Crippen LogP) is 1.47. The fraction of sp³-hybridized carbons (Fsp3) is 0.647. The highest BCUT2D eigenvalue weighted by atomic mass is 16.2. The Morgan fingerprint density at radius 1 is 1.23 bits per heavy atom. The third kappa shape index (κ3) is 2.58. The number of aromatic nitrogens is 1. The number of carbonyl (C=O) groups is 1. The maximum atomic E-state index is 12.8. The normalized spacial score (nSPS) is 25.8. The van der Waals surface area contributed by atoms with Gasteiger partial charge in [0.25, 0.3) is 0 Å². The second-order valence-electron chi connectivity index (χ2n) is 7.24. The van der Waals surface area contributed by atoms with Crippen LogP contribution in [0.15, 0.2) is 23.1 Å². The number of amides is 1. The van der Waals surface area contributed by atoms with E-state index in [0.29, 0.717) is 5.92 Å². The molecule has 0 radical (unpaired) electrons. The van der Waals surface area contributed by atoms with Gasteiger partial charge in [0.15, 0.2) is 0 Å². The van der Waals surface area contributed by atoms with Gasteiger partial charge in [-0.05, 0) is 31.4 Å². The molecule has 0 unspecified atom stereocenters. The predicted molar refractivity (Wildman–Crippen MR) is 87.0 cm³/mol. The molecule has 2 fully saturated rings. The van der Waals surface area contributed by atoms with Crippen LogP contribution in [-0.2, 0) is 11.8 Å². The molecule has 1 aromatic heterocycles. The molecule has 2 aliphatic heterocycles. The molecule has 0 aromatic carbocycles. The van der Waals surface area contributed by atoms with Gasteiger partial charge in [-0.25, -0.2) is 0 Å². The van der Waals surface area contributed by atoms with Gasteiger partial charge in [-0.2, -0.15) is 0 Å². The summed E-state index contributed by atoms with van der Waals surface area (Å²) >= 11 is 0. The summed E-state index contributed by atoms with van der Waals surface area (Å²) in [6.45, 7) is 8.27. The molecule has 2 aliphatic rings. The Bertz CT molecular complexity index is 637. The quantitative estimate of drug-likeness (QED) is 0.794. The lowest BCUT2D eigenvalue weighted by atomic mass is 9.72. The van der Waals surface area contributed by atoms with Gasteiger partial charge in [0.05, 0.1) is 11.1 Å². The van der Waals surface area contributed by atoms with E-state index >= 15 is 0 Å². The number of anilines is 1. The minimum atomic E-state index is -0.193. The lowest BCUT2D eigenvalue weighted by molar-refractivity contribution is -0.139. The van der Waals surface area contributed by atoms with Gasteiger partial charge in [0, 0.05) is 38.9 Å². The summed E-state index contributed by atoms with van der Waals surface area (Å²) in [5, 5.41) is 0. The Morgan fingerprint density at radius 3 is 2.64 bits per heavy atom. The van der Waals surface area contributed by atoms with Crippen molar-refractivity contribution >= 4 is 11.6 Å². The van der Waals surface area contributed by atoms with Crippen LogP contribution in [0.4, 0.5) is 5.69 Å². The zero-order chi connectivity index (χ0) is 15.9. The summed E-state index contributed by atoms with van der Waals surface area (Å²) < 4.78 is 1.53. The number of likely N-dealkylation sites (tertiary alicyclic amines) is 1. The van der Waals surface area contributed by atoms with E-state index in [9.17, 15) is 9.59 Å². The van der Waals surface area contributed by atoms with Gasteiger partial charge in [-0.1, -0.05) is 13.8 Å². The summed E-state index contributed by atoms with van der Waals surface area (Å²) in [5.74, 6) is 0.852. The number of rotatable bonds is 3. The van der Waals surface area contributed by atoms with Crippen LogP contribution in [0.3, 0.4) is 0 Å². The third-order valence-electron chi connectivity index (χ3n) is 4.82. The van der Waals surface area contributed by atoms with Crippen LogP contribution in [-0.4, -0.2) is 41.6 Å². The van der Waals surface area contributed by atoms with Crippen molar-refractivity contribution in [3.63, 3.8) is 0 Å². The molecule has 0 bridgehead atoms. The third-order valence-corrected chi connectivity index (χ3v) is 4.82. The zero-order valence-electron chi connectivity index (χ0n) is 13.7. The molecular weight excluding hydrogens is 278 g/mol. The number of hydrogen-bond acceptors (Lipinski definition) is 3. The van der Waals surface area contributed by atoms with Crippen LogP contribution in [0.5, 0.6) is 0 Å². The number of piperidine rings is 1. The molecule has 1 amide bonds. The first-order valence-corrected chi connectivity index (χ1v) is 8.12. The first kappa shape index (κ1) is 15.3. The molecule has 3 heterocycles. The topological polar surface area (TPSA) is 45.5 Å². The second-order valence-corrected chi connectivity index (χ2v) is 7.24. The number of pyridine rings is 1. The van der Waals surface area contributed by atoms with Crippen LogP contribution in [0.1, 0.15) is 26.7 Å². The van der Waals surface area contributed by atoms with Crippen molar-refractivity contribution < 1.29 is 4.79 Å². The van der Waals surface area contributed by atoms with E-state index in [0.717, 1.165) is 44.7 Å². The van der Waals surface area contributed by atoms with Gasteiger partial charge < -0.3 is 14.4 Å². The smallest absolute Gasteiger partial charge is 0.250 e. The van der Waals surface area contributed by atoms with E-state index in [1.54, 1.807) is 19.3 Å². The molecule has 1 aromatic rings. The standard InChI is InChI=1S/C17H25N3O2/c1-13(2)9-19-8-4-7-17(11-19)12-20(16(17)22)14-5-6-15(21)18(3)10-14/h5-6,10,13H,4,7-9,11-12H2,1-3H3/t17-/m1/s1. The highest BCUT2D eigenvalue weighted by Gasteiger charge is 2.54. The summed E-state index contributed by atoms with van der Waals surface area (Å²) in [5.41, 5.74) is 0.591. The highest BCUT2D eigenvalue weighted by Crippen LogP contribution is 2.42. The second kappa shape index (κ2) is 5.54. The molecule has 0 saturated carbocycles. The van der Waals surface area contributed by atoms with Crippen molar-refractivity contribution in [1.82, 2.24) is 9.47 Å². The number of carbonyl (C=O) groups excluding carboxylic acids is 1. The molecule has 1 atom stereocenters.